The van der Waals surface area contributed by atoms with Gasteiger partial charge in [-0.15, -0.1) is 0 Å². The van der Waals surface area contributed by atoms with Crippen molar-refractivity contribution in [2.24, 2.45) is 5.92 Å². The molecule has 118 valence electrons. The fourth-order valence-corrected chi connectivity index (χ4v) is 2.89. The quantitative estimate of drug-likeness (QED) is 0.753. The minimum absolute atomic E-state index is 0.386. The summed E-state index contributed by atoms with van der Waals surface area (Å²) in [6.45, 7) is 9.31. The first kappa shape index (κ1) is 16.3. The van der Waals surface area contributed by atoms with E-state index in [9.17, 15) is 0 Å². The van der Waals surface area contributed by atoms with Gasteiger partial charge in [0.25, 0.3) is 0 Å². The van der Waals surface area contributed by atoms with E-state index in [0.717, 1.165) is 31.4 Å². The normalized spacial score (nSPS) is 17.8. The van der Waals surface area contributed by atoms with E-state index in [2.05, 4.69) is 55.4 Å². The smallest absolute Gasteiger partial charge is 0.119 e. The highest BCUT2D eigenvalue weighted by Crippen LogP contribution is 2.35. The maximum absolute atomic E-state index is 5.53. The Kier molecular flexibility index (Phi) is 6.07. The van der Waals surface area contributed by atoms with E-state index in [0.29, 0.717) is 12.1 Å². The molecule has 0 spiro atoms. The van der Waals surface area contributed by atoms with Gasteiger partial charge in [-0.1, -0.05) is 19.1 Å². The third-order valence-electron chi connectivity index (χ3n) is 4.51. The highest BCUT2D eigenvalue weighted by Gasteiger charge is 2.31. The van der Waals surface area contributed by atoms with Gasteiger partial charge in [-0.05, 0) is 63.9 Å². The second kappa shape index (κ2) is 7.81. The molecule has 21 heavy (non-hydrogen) atoms. The van der Waals surface area contributed by atoms with Gasteiger partial charge in [-0.25, -0.2) is 0 Å². The molecule has 2 atom stereocenters. The van der Waals surface area contributed by atoms with E-state index in [1.807, 2.05) is 6.92 Å². The first-order chi connectivity index (χ1) is 10.2. The largest absolute Gasteiger partial charge is 0.494 e. The van der Waals surface area contributed by atoms with Gasteiger partial charge in [-0.3, -0.25) is 0 Å². The SMILES string of the molecule is CCNC(CN(C)C(C)C1CC1)c1ccc(OCC)cc1. The van der Waals surface area contributed by atoms with Gasteiger partial charge in [-0.2, -0.15) is 0 Å². The molecule has 1 aliphatic rings. The zero-order valence-electron chi connectivity index (χ0n) is 13.9. The maximum Gasteiger partial charge on any atom is 0.119 e. The molecular formula is C18H30N2O. The first-order valence-electron chi connectivity index (χ1n) is 8.32. The second-order valence-corrected chi connectivity index (χ2v) is 6.13. The van der Waals surface area contributed by atoms with Crippen LogP contribution in [-0.4, -0.2) is 37.7 Å². The molecule has 1 aromatic rings. The summed E-state index contributed by atoms with van der Waals surface area (Å²) in [5, 5.41) is 3.61. The molecule has 0 aliphatic heterocycles. The molecule has 3 nitrogen and oxygen atoms in total. The molecule has 0 amide bonds. The topological polar surface area (TPSA) is 24.5 Å². The lowest BCUT2D eigenvalue weighted by Gasteiger charge is -2.30. The van der Waals surface area contributed by atoms with Crippen molar-refractivity contribution in [2.75, 3.05) is 26.7 Å². The molecule has 0 bridgehead atoms. The van der Waals surface area contributed by atoms with Crippen LogP contribution < -0.4 is 10.1 Å². The Balaban J connectivity index is 1.99. The monoisotopic (exact) mass is 290 g/mol. The average Bonchev–Trinajstić information content (AvgIpc) is 3.32. The van der Waals surface area contributed by atoms with Crippen molar-refractivity contribution in [3.63, 3.8) is 0 Å². The number of benzene rings is 1. The number of hydrogen-bond donors (Lipinski definition) is 1. The van der Waals surface area contributed by atoms with Gasteiger partial charge >= 0.3 is 0 Å². The van der Waals surface area contributed by atoms with Crippen molar-refractivity contribution in [1.29, 1.82) is 0 Å². The van der Waals surface area contributed by atoms with Crippen LogP contribution in [0.2, 0.25) is 0 Å². The zero-order valence-corrected chi connectivity index (χ0v) is 13.9. The summed E-state index contributed by atoms with van der Waals surface area (Å²) in [5.41, 5.74) is 1.34. The summed E-state index contributed by atoms with van der Waals surface area (Å²) in [5.74, 6) is 1.87. The maximum atomic E-state index is 5.53. The highest BCUT2D eigenvalue weighted by molar-refractivity contribution is 5.29. The zero-order chi connectivity index (χ0) is 15.2. The molecule has 2 rings (SSSR count). The van der Waals surface area contributed by atoms with Crippen molar-refractivity contribution < 1.29 is 4.74 Å². The Morgan fingerprint density at radius 2 is 1.90 bits per heavy atom. The highest BCUT2D eigenvalue weighted by atomic mass is 16.5. The molecule has 1 aliphatic carbocycles. The summed E-state index contributed by atoms with van der Waals surface area (Å²) in [4.78, 5) is 2.50. The Hall–Kier alpha value is -1.06. The molecule has 1 fully saturated rings. The van der Waals surface area contributed by atoms with Crippen LogP contribution in [0.1, 0.15) is 45.2 Å². The summed E-state index contributed by atoms with van der Waals surface area (Å²) >= 11 is 0. The summed E-state index contributed by atoms with van der Waals surface area (Å²) in [7, 11) is 2.25. The van der Waals surface area contributed by atoms with Crippen LogP contribution in [0.3, 0.4) is 0 Å². The molecule has 0 radical (unpaired) electrons. The molecule has 3 heteroatoms. The van der Waals surface area contributed by atoms with Crippen molar-refractivity contribution >= 4 is 0 Å². The molecule has 0 aromatic heterocycles. The predicted octanol–water partition coefficient (Wildman–Crippen LogP) is 3.47. The molecule has 1 N–H and O–H groups in total. The molecule has 1 aromatic carbocycles. The van der Waals surface area contributed by atoms with Gasteiger partial charge in [0.2, 0.25) is 0 Å². The molecule has 1 saturated carbocycles. The number of likely N-dealkylation sites (N-methyl/N-ethyl adjacent to an activating group) is 2. The molecule has 0 saturated heterocycles. The van der Waals surface area contributed by atoms with Crippen LogP contribution in [0.25, 0.3) is 0 Å². The molecule has 0 heterocycles. The Bertz CT molecular complexity index is 414. The van der Waals surface area contributed by atoms with Gasteiger partial charge < -0.3 is 15.0 Å². The summed E-state index contributed by atoms with van der Waals surface area (Å²) < 4.78 is 5.53. The first-order valence-corrected chi connectivity index (χ1v) is 8.32. The fourth-order valence-electron chi connectivity index (χ4n) is 2.89. The van der Waals surface area contributed by atoms with Crippen LogP contribution in [0.15, 0.2) is 24.3 Å². The standard InChI is InChI=1S/C18H30N2O/c1-5-19-18(13-20(4)14(3)15-7-8-15)16-9-11-17(12-10-16)21-6-2/h9-12,14-15,18-19H,5-8,13H2,1-4H3. The third kappa shape index (κ3) is 4.72. The lowest BCUT2D eigenvalue weighted by Crippen LogP contribution is -2.38. The lowest BCUT2D eigenvalue weighted by molar-refractivity contribution is 0.210. The van der Waals surface area contributed by atoms with Crippen LogP contribution in [0, 0.1) is 5.92 Å². The number of nitrogens with zero attached hydrogens (tertiary/aromatic N) is 1. The minimum Gasteiger partial charge on any atom is -0.494 e. The number of nitrogens with one attached hydrogen (secondary N) is 1. The third-order valence-corrected chi connectivity index (χ3v) is 4.51. The summed E-state index contributed by atoms with van der Waals surface area (Å²) in [6.07, 6.45) is 2.81. The van der Waals surface area contributed by atoms with Gasteiger partial charge in [0.1, 0.15) is 5.75 Å². The van der Waals surface area contributed by atoms with E-state index in [1.54, 1.807) is 0 Å². The van der Waals surface area contributed by atoms with Crippen molar-refractivity contribution in [3.05, 3.63) is 29.8 Å². The lowest BCUT2D eigenvalue weighted by atomic mass is 10.0. The Labute approximate surface area is 129 Å². The van der Waals surface area contributed by atoms with E-state index in [-0.39, 0.29) is 0 Å². The van der Waals surface area contributed by atoms with E-state index >= 15 is 0 Å². The van der Waals surface area contributed by atoms with Gasteiger partial charge in [0.15, 0.2) is 0 Å². The van der Waals surface area contributed by atoms with Crippen LogP contribution >= 0.6 is 0 Å². The summed E-state index contributed by atoms with van der Waals surface area (Å²) in [6, 6.07) is 9.61. The van der Waals surface area contributed by atoms with Crippen molar-refractivity contribution in [3.8, 4) is 5.75 Å². The number of rotatable bonds is 9. The van der Waals surface area contributed by atoms with Crippen LogP contribution in [0.5, 0.6) is 5.75 Å². The molecule has 2 unspecified atom stereocenters. The fraction of sp³-hybridized carbons (Fsp3) is 0.667. The Morgan fingerprint density at radius 1 is 1.24 bits per heavy atom. The van der Waals surface area contributed by atoms with Gasteiger partial charge in [0, 0.05) is 18.6 Å². The van der Waals surface area contributed by atoms with E-state index < -0.39 is 0 Å². The van der Waals surface area contributed by atoms with Crippen LogP contribution in [-0.2, 0) is 0 Å². The molecular weight excluding hydrogens is 260 g/mol. The van der Waals surface area contributed by atoms with Crippen molar-refractivity contribution in [1.82, 2.24) is 10.2 Å². The van der Waals surface area contributed by atoms with Crippen molar-refractivity contribution in [2.45, 2.75) is 45.7 Å². The average molecular weight is 290 g/mol. The minimum atomic E-state index is 0.386. The van der Waals surface area contributed by atoms with Crippen LogP contribution in [0.4, 0.5) is 0 Å². The number of hydrogen-bond acceptors (Lipinski definition) is 3. The van der Waals surface area contributed by atoms with E-state index in [4.69, 9.17) is 4.74 Å². The van der Waals surface area contributed by atoms with Gasteiger partial charge in [0.05, 0.1) is 6.61 Å². The Morgan fingerprint density at radius 3 is 2.43 bits per heavy atom. The number of ether oxygens (including phenoxy) is 1. The van der Waals surface area contributed by atoms with E-state index in [1.165, 1.54) is 18.4 Å². The second-order valence-electron chi connectivity index (χ2n) is 6.13. The predicted molar refractivity (Wildman–Crippen MR) is 88.8 cm³/mol.